The van der Waals surface area contributed by atoms with Gasteiger partial charge in [0, 0.05) is 25.3 Å². The minimum absolute atomic E-state index is 0.0355. The van der Waals surface area contributed by atoms with Gasteiger partial charge in [-0.3, -0.25) is 33.6 Å². The first-order valence-electron chi connectivity index (χ1n) is 24.8. The molecule has 69 heavy (non-hydrogen) atoms. The van der Waals surface area contributed by atoms with E-state index in [0.717, 1.165) is 43.0 Å². The van der Waals surface area contributed by atoms with Crippen molar-refractivity contribution in [2.45, 2.75) is 154 Å². The minimum Gasteiger partial charge on any atom is -0.460 e. The molecule has 0 aromatic heterocycles. The molecule has 2 aromatic rings. The Morgan fingerprint density at radius 1 is 0.710 bits per heavy atom. The number of unbranched alkanes of at least 4 members (excludes halogenated alkanes) is 12. The van der Waals surface area contributed by atoms with Gasteiger partial charge in [-0.25, -0.2) is 4.79 Å². The molecule has 0 bridgehead atoms. The third-order valence-electron chi connectivity index (χ3n) is 12.1. The molecule has 2 heterocycles. The lowest BCUT2D eigenvalue weighted by Crippen LogP contribution is -2.57. The van der Waals surface area contributed by atoms with Crippen molar-refractivity contribution in [2.75, 3.05) is 38.5 Å². The maximum atomic E-state index is 14.0. The number of nitrogens with zero attached hydrogens (tertiary/aromatic N) is 2. The second kappa shape index (κ2) is 32.2. The van der Waals surface area contributed by atoms with E-state index in [4.69, 9.17) is 14.2 Å². The quantitative estimate of drug-likeness (QED) is 0.0299. The number of amides is 5. The summed E-state index contributed by atoms with van der Waals surface area (Å²) in [6.07, 6.45) is 18.2. The minimum atomic E-state index is -1.19. The zero-order chi connectivity index (χ0) is 49.6. The van der Waals surface area contributed by atoms with Gasteiger partial charge in [0.05, 0.1) is 6.42 Å². The number of thioether (sulfide) groups is 1. The molecule has 2 aromatic carbocycles. The van der Waals surface area contributed by atoms with Crippen molar-refractivity contribution >= 4 is 58.5 Å². The van der Waals surface area contributed by atoms with Crippen LogP contribution in [0.1, 0.15) is 134 Å². The number of hydrogen-bond donors (Lipinski definition) is 3. The third-order valence-corrected chi connectivity index (χ3v) is 13.1. The second-order valence-corrected chi connectivity index (χ2v) is 18.6. The molecule has 0 spiro atoms. The molecule has 2 fully saturated rings. The van der Waals surface area contributed by atoms with Crippen LogP contribution < -0.4 is 20.7 Å². The van der Waals surface area contributed by atoms with E-state index in [9.17, 15) is 38.4 Å². The van der Waals surface area contributed by atoms with Gasteiger partial charge >= 0.3 is 18.0 Å². The van der Waals surface area contributed by atoms with Gasteiger partial charge < -0.3 is 40.0 Å². The maximum absolute atomic E-state index is 14.0. The van der Waals surface area contributed by atoms with Gasteiger partial charge in [0.2, 0.25) is 23.6 Å². The topological polar surface area (TPSA) is 207 Å². The molecule has 4 rings (SSSR count). The summed E-state index contributed by atoms with van der Waals surface area (Å²) < 4.78 is 15.6. The highest BCUT2D eigenvalue weighted by Gasteiger charge is 2.42. The molecule has 17 heteroatoms. The third kappa shape index (κ3) is 21.2. The number of alkyl carbamates (subject to hydrolysis) is 1. The van der Waals surface area contributed by atoms with Crippen LogP contribution in [-0.2, 0) is 56.1 Å². The largest absolute Gasteiger partial charge is 0.460 e. The van der Waals surface area contributed by atoms with Gasteiger partial charge in [-0.2, -0.15) is 0 Å². The Hall–Kier alpha value is -5.71. The highest BCUT2D eigenvalue weighted by molar-refractivity contribution is 8.13. The Bertz CT molecular complexity index is 1970. The van der Waals surface area contributed by atoms with E-state index in [1.54, 1.807) is 24.3 Å². The lowest BCUT2D eigenvalue weighted by molar-refractivity contribution is -0.146. The van der Waals surface area contributed by atoms with Gasteiger partial charge in [0.15, 0.2) is 5.12 Å². The smallest absolute Gasteiger partial charge is 0.407 e. The second-order valence-electron chi connectivity index (χ2n) is 17.6. The van der Waals surface area contributed by atoms with Crippen LogP contribution in [0.2, 0.25) is 0 Å². The summed E-state index contributed by atoms with van der Waals surface area (Å²) in [5.41, 5.74) is 1.45. The molecular weight excluding hydrogens is 903 g/mol. The van der Waals surface area contributed by atoms with Crippen molar-refractivity contribution in [3.8, 4) is 5.75 Å². The fourth-order valence-corrected chi connectivity index (χ4v) is 9.20. The Morgan fingerprint density at radius 2 is 1.33 bits per heavy atom. The van der Waals surface area contributed by atoms with E-state index in [1.165, 1.54) is 73.7 Å². The van der Waals surface area contributed by atoms with Crippen molar-refractivity contribution in [1.29, 1.82) is 0 Å². The van der Waals surface area contributed by atoms with Gasteiger partial charge in [-0.15, -0.1) is 0 Å². The predicted molar refractivity (Wildman–Crippen MR) is 264 cm³/mol. The molecule has 0 radical (unpaired) electrons. The average molecular weight is 976 g/mol. The molecular formula is C52H73N5O11S. The number of hydrogen-bond acceptors (Lipinski definition) is 12. The number of benzene rings is 2. The normalized spacial score (nSPS) is 15.7. The molecule has 0 unspecified atom stereocenters. The van der Waals surface area contributed by atoms with Gasteiger partial charge in [-0.1, -0.05) is 151 Å². The Labute approximate surface area is 411 Å². The molecule has 3 N–H and O–H groups in total. The average Bonchev–Trinajstić information content (AvgIpc) is 4.06. The van der Waals surface area contributed by atoms with Crippen molar-refractivity contribution in [3.63, 3.8) is 0 Å². The first-order valence-corrected chi connectivity index (χ1v) is 25.8. The van der Waals surface area contributed by atoms with Crippen molar-refractivity contribution in [1.82, 2.24) is 25.8 Å². The van der Waals surface area contributed by atoms with Crippen LogP contribution in [-0.4, -0.2) is 113 Å². The monoisotopic (exact) mass is 976 g/mol. The van der Waals surface area contributed by atoms with Crippen molar-refractivity contribution in [2.24, 2.45) is 0 Å². The van der Waals surface area contributed by atoms with Crippen LogP contribution >= 0.6 is 11.8 Å². The van der Waals surface area contributed by atoms with Crippen molar-refractivity contribution in [3.05, 3.63) is 78.4 Å². The fourth-order valence-electron chi connectivity index (χ4n) is 8.32. The van der Waals surface area contributed by atoms with E-state index in [2.05, 4.69) is 29.5 Å². The molecule has 378 valence electrons. The number of esters is 2. The Kier molecular flexibility index (Phi) is 26.1. The number of carbonyl (C=O) groups excluding carboxylic acids is 8. The standard InChI is InChI=1S/C52H73N5O11S/c1-3-5-6-7-8-9-10-11-12-13-14-15-19-26-48(61)69-38-42(49(62)53-36-47(60)66-33-4-2)55-50(63)43-24-20-32-57(43)51(64)44-25-21-31-56(44)45(58)35-54-52(65)67-37-40-27-29-41(30-28-40)68-46(59)34-39-22-17-16-18-23-39/h4,16-18,22-23,27-30,42-44H,2-3,5-15,19-21,24-26,31-38H2,1H3,(H,53,62)(H,54,65)(H,55,63)/t42-,43-,44-/m0/s1. The van der Waals surface area contributed by atoms with Crippen LogP contribution in [0.5, 0.6) is 5.75 Å². The van der Waals surface area contributed by atoms with Gasteiger partial charge in [0.1, 0.15) is 50.2 Å². The number of carbonyl (C=O) groups is 8. The summed E-state index contributed by atoms with van der Waals surface area (Å²) in [7, 11) is 0. The predicted octanol–water partition coefficient (Wildman–Crippen LogP) is 7.11. The van der Waals surface area contributed by atoms with Crippen LogP contribution in [0.15, 0.2) is 67.3 Å². The van der Waals surface area contributed by atoms with Gasteiger partial charge in [0.25, 0.3) is 0 Å². The SMILES string of the molecule is C=CCOC(=O)CNC(=O)[C@H](CSC(=O)CCCCCCCCCCCCCCC)NC(=O)[C@@H]1CCCN1C(=O)[C@@H]1CCCN1C(=O)CNC(=O)OCc1ccc(OC(=O)Cc2ccccc2)cc1. The molecule has 3 atom stereocenters. The highest BCUT2D eigenvalue weighted by Crippen LogP contribution is 2.26. The van der Waals surface area contributed by atoms with Crippen LogP contribution in [0.25, 0.3) is 0 Å². The Balaban J connectivity index is 1.21. The van der Waals surface area contributed by atoms with E-state index < -0.39 is 72.9 Å². The zero-order valence-corrected chi connectivity index (χ0v) is 41.2. The van der Waals surface area contributed by atoms with Crippen LogP contribution in [0.3, 0.4) is 0 Å². The summed E-state index contributed by atoms with van der Waals surface area (Å²) in [5.74, 6) is -3.01. The molecule has 2 saturated heterocycles. The summed E-state index contributed by atoms with van der Waals surface area (Å²) in [4.78, 5) is 107. The van der Waals surface area contributed by atoms with Gasteiger partial charge in [-0.05, 0) is 55.4 Å². The van der Waals surface area contributed by atoms with E-state index in [1.807, 2.05) is 30.3 Å². The lowest BCUT2D eigenvalue weighted by atomic mass is 10.0. The summed E-state index contributed by atoms with van der Waals surface area (Å²) >= 11 is 0.949. The Morgan fingerprint density at radius 3 is 1.99 bits per heavy atom. The number of nitrogens with one attached hydrogen (secondary N) is 3. The highest BCUT2D eigenvalue weighted by atomic mass is 32.2. The zero-order valence-electron chi connectivity index (χ0n) is 40.4. The summed E-state index contributed by atoms with van der Waals surface area (Å²) in [5, 5.41) is 7.57. The number of rotatable bonds is 31. The molecule has 5 amide bonds. The number of ether oxygens (including phenoxy) is 3. The molecule has 2 aliphatic rings. The first kappa shape index (κ1) is 55.9. The molecule has 0 aliphatic carbocycles. The maximum Gasteiger partial charge on any atom is 0.407 e. The van der Waals surface area contributed by atoms with Crippen LogP contribution in [0, 0.1) is 0 Å². The first-order chi connectivity index (χ1) is 33.5. The lowest BCUT2D eigenvalue weighted by Gasteiger charge is -2.31. The van der Waals surface area contributed by atoms with E-state index in [0.29, 0.717) is 43.4 Å². The van der Waals surface area contributed by atoms with Crippen LogP contribution in [0.4, 0.5) is 4.79 Å². The van der Waals surface area contributed by atoms with E-state index in [-0.39, 0.29) is 43.6 Å². The molecule has 2 aliphatic heterocycles. The molecule has 16 nitrogen and oxygen atoms in total. The summed E-state index contributed by atoms with van der Waals surface area (Å²) in [6.45, 7) is 5.25. The number of likely N-dealkylation sites (tertiary alicyclic amines) is 2. The summed E-state index contributed by atoms with van der Waals surface area (Å²) in [6, 6.07) is 12.7. The van der Waals surface area contributed by atoms with Crippen molar-refractivity contribution < 1.29 is 52.6 Å². The van der Waals surface area contributed by atoms with E-state index >= 15 is 0 Å². The fraction of sp³-hybridized carbons (Fsp3) is 0.577. The molecule has 0 saturated carbocycles.